The lowest BCUT2D eigenvalue weighted by Gasteiger charge is -2.07. The third-order valence-electron chi connectivity index (χ3n) is 3.49. The molecule has 1 amide bonds. The molecule has 0 atom stereocenters. The molecule has 0 saturated carbocycles. The fourth-order valence-electron chi connectivity index (χ4n) is 2.46. The first-order valence-electron chi connectivity index (χ1n) is 7.21. The summed E-state index contributed by atoms with van der Waals surface area (Å²) in [5.41, 5.74) is 2.78. The largest absolute Gasteiger partial charge is 0.493 e. The number of nitrogens with zero attached hydrogens (tertiary/aromatic N) is 3. The van der Waals surface area contributed by atoms with Crippen molar-refractivity contribution in [3.05, 3.63) is 52.6 Å². The highest BCUT2D eigenvalue weighted by atomic mass is 16.5. The molecule has 23 heavy (non-hydrogen) atoms. The zero-order valence-electron chi connectivity index (χ0n) is 12.6. The van der Waals surface area contributed by atoms with Gasteiger partial charge in [0.05, 0.1) is 18.5 Å². The molecular weight excluding hydrogens is 296 g/mol. The van der Waals surface area contributed by atoms with Crippen LogP contribution in [0.2, 0.25) is 0 Å². The van der Waals surface area contributed by atoms with E-state index in [-0.39, 0.29) is 11.6 Å². The van der Waals surface area contributed by atoms with Crippen molar-refractivity contribution in [2.75, 3.05) is 6.61 Å². The Bertz CT molecular complexity index is 774. The third kappa shape index (κ3) is 3.45. The Morgan fingerprint density at radius 2 is 2.30 bits per heavy atom. The van der Waals surface area contributed by atoms with E-state index in [1.165, 1.54) is 6.07 Å². The molecule has 2 aromatic rings. The average molecular weight is 312 g/mol. The molecular formula is C16H16N4O3. The van der Waals surface area contributed by atoms with Gasteiger partial charge in [0.25, 0.3) is 5.91 Å². The molecule has 0 spiro atoms. The second-order valence-corrected chi connectivity index (χ2v) is 5.19. The number of fused-ring (bicyclic) bond motifs is 1. The zero-order valence-corrected chi connectivity index (χ0v) is 12.6. The maximum Gasteiger partial charge on any atom is 0.270 e. The van der Waals surface area contributed by atoms with Crippen LogP contribution in [0.15, 0.2) is 29.4 Å². The van der Waals surface area contributed by atoms with E-state index in [1.54, 1.807) is 6.92 Å². The first kappa shape index (κ1) is 15.0. The molecule has 1 aromatic heterocycles. The molecule has 118 valence electrons. The highest BCUT2D eigenvalue weighted by Gasteiger charge is 2.13. The minimum atomic E-state index is -0.306. The maximum absolute atomic E-state index is 12.2. The van der Waals surface area contributed by atoms with Crippen molar-refractivity contribution in [2.45, 2.75) is 19.9 Å². The van der Waals surface area contributed by atoms with Gasteiger partial charge in [-0.3, -0.25) is 4.79 Å². The number of hydrogen-bond donors (Lipinski definition) is 2. The van der Waals surface area contributed by atoms with Crippen molar-refractivity contribution in [2.24, 2.45) is 5.16 Å². The second kappa shape index (κ2) is 6.43. The Hall–Kier alpha value is -2.96. The standard InChI is InChI=1S/C16H16N4O3/c1-10-19-13(9-18-22)7-14(20-10)16(21)17-8-11-2-3-15-12(6-11)4-5-23-15/h2-3,6-7,9,22H,4-5,8H2,1H3,(H,17,21)/b18-9-. The molecule has 0 saturated heterocycles. The Morgan fingerprint density at radius 1 is 1.43 bits per heavy atom. The number of amides is 1. The fraction of sp³-hybridized carbons (Fsp3) is 0.250. The Kier molecular flexibility index (Phi) is 4.18. The van der Waals surface area contributed by atoms with Crippen molar-refractivity contribution in [1.82, 2.24) is 15.3 Å². The summed E-state index contributed by atoms with van der Waals surface area (Å²) in [4.78, 5) is 20.4. The van der Waals surface area contributed by atoms with Crippen molar-refractivity contribution in [1.29, 1.82) is 0 Å². The van der Waals surface area contributed by atoms with Gasteiger partial charge in [-0.25, -0.2) is 9.97 Å². The first-order chi connectivity index (χ1) is 11.2. The molecule has 0 fully saturated rings. The van der Waals surface area contributed by atoms with Crippen LogP contribution in [-0.2, 0) is 13.0 Å². The van der Waals surface area contributed by atoms with Crippen LogP contribution in [0.25, 0.3) is 0 Å². The SMILES string of the molecule is Cc1nc(/C=N\O)cc(C(=O)NCc2ccc3c(c2)CCO3)n1. The van der Waals surface area contributed by atoms with Gasteiger partial charge in [0, 0.05) is 13.0 Å². The predicted octanol–water partition coefficient (Wildman–Crippen LogP) is 1.46. The van der Waals surface area contributed by atoms with E-state index in [4.69, 9.17) is 9.94 Å². The number of aryl methyl sites for hydroxylation is 1. The van der Waals surface area contributed by atoms with E-state index in [9.17, 15) is 4.79 Å². The molecule has 7 heteroatoms. The molecule has 3 rings (SSSR count). The van der Waals surface area contributed by atoms with Crippen LogP contribution in [0.5, 0.6) is 5.75 Å². The number of carbonyl (C=O) groups is 1. The summed E-state index contributed by atoms with van der Waals surface area (Å²) in [6, 6.07) is 7.37. The lowest BCUT2D eigenvalue weighted by Crippen LogP contribution is -2.24. The van der Waals surface area contributed by atoms with E-state index in [0.29, 0.717) is 24.7 Å². The first-order valence-corrected chi connectivity index (χ1v) is 7.21. The maximum atomic E-state index is 12.2. The van der Waals surface area contributed by atoms with Crippen molar-refractivity contribution < 1.29 is 14.7 Å². The van der Waals surface area contributed by atoms with Gasteiger partial charge in [-0.2, -0.15) is 0 Å². The lowest BCUT2D eigenvalue weighted by molar-refractivity contribution is 0.0945. The van der Waals surface area contributed by atoms with Crippen LogP contribution in [0, 0.1) is 6.92 Å². The topological polar surface area (TPSA) is 96.7 Å². The molecule has 0 unspecified atom stereocenters. The zero-order chi connectivity index (χ0) is 16.2. The lowest BCUT2D eigenvalue weighted by atomic mass is 10.1. The van der Waals surface area contributed by atoms with E-state index >= 15 is 0 Å². The molecule has 2 N–H and O–H groups in total. The summed E-state index contributed by atoms with van der Waals surface area (Å²) < 4.78 is 5.46. The molecule has 1 aromatic carbocycles. The van der Waals surface area contributed by atoms with Gasteiger partial charge < -0.3 is 15.3 Å². The van der Waals surface area contributed by atoms with Crippen LogP contribution in [0.1, 0.15) is 33.1 Å². The van der Waals surface area contributed by atoms with Gasteiger partial charge in [-0.05, 0) is 30.2 Å². The number of carbonyl (C=O) groups excluding carboxylic acids is 1. The van der Waals surface area contributed by atoms with Gasteiger partial charge >= 0.3 is 0 Å². The Balaban J connectivity index is 1.70. The van der Waals surface area contributed by atoms with E-state index in [2.05, 4.69) is 20.4 Å². The van der Waals surface area contributed by atoms with Gasteiger partial charge in [0.2, 0.25) is 0 Å². The number of benzene rings is 1. The number of nitrogens with one attached hydrogen (secondary N) is 1. The van der Waals surface area contributed by atoms with Gasteiger partial charge in [-0.15, -0.1) is 0 Å². The molecule has 1 aliphatic heterocycles. The molecule has 0 radical (unpaired) electrons. The quantitative estimate of drug-likeness (QED) is 0.506. The fourth-order valence-corrected chi connectivity index (χ4v) is 2.46. The van der Waals surface area contributed by atoms with Crippen molar-refractivity contribution >= 4 is 12.1 Å². The Morgan fingerprint density at radius 3 is 3.13 bits per heavy atom. The monoisotopic (exact) mass is 312 g/mol. The number of rotatable bonds is 4. The van der Waals surface area contributed by atoms with Crippen LogP contribution in [-0.4, -0.2) is 33.9 Å². The molecule has 1 aliphatic rings. The van der Waals surface area contributed by atoms with Crippen LogP contribution >= 0.6 is 0 Å². The summed E-state index contributed by atoms with van der Waals surface area (Å²) in [5.74, 6) is 1.04. The summed E-state index contributed by atoms with van der Waals surface area (Å²) in [7, 11) is 0. The number of ether oxygens (including phenoxy) is 1. The number of oxime groups is 1. The summed E-state index contributed by atoms with van der Waals surface area (Å²) >= 11 is 0. The molecule has 0 bridgehead atoms. The predicted molar refractivity (Wildman–Crippen MR) is 83.0 cm³/mol. The van der Waals surface area contributed by atoms with Gasteiger partial charge in [0.1, 0.15) is 17.3 Å². The molecule has 2 heterocycles. The summed E-state index contributed by atoms with van der Waals surface area (Å²) in [6.07, 6.45) is 2.05. The van der Waals surface area contributed by atoms with Gasteiger partial charge in [-0.1, -0.05) is 17.3 Å². The third-order valence-corrected chi connectivity index (χ3v) is 3.49. The summed E-state index contributed by atoms with van der Waals surface area (Å²) in [6.45, 7) is 2.78. The molecule has 7 nitrogen and oxygen atoms in total. The minimum absolute atomic E-state index is 0.233. The van der Waals surface area contributed by atoms with Crippen molar-refractivity contribution in [3.8, 4) is 5.75 Å². The highest BCUT2D eigenvalue weighted by molar-refractivity contribution is 5.93. The van der Waals surface area contributed by atoms with E-state index in [1.807, 2.05) is 18.2 Å². The van der Waals surface area contributed by atoms with Crippen molar-refractivity contribution in [3.63, 3.8) is 0 Å². The molecule has 0 aliphatic carbocycles. The van der Waals surface area contributed by atoms with E-state index in [0.717, 1.165) is 29.5 Å². The normalized spacial score (nSPS) is 12.9. The van der Waals surface area contributed by atoms with Crippen LogP contribution in [0.4, 0.5) is 0 Å². The van der Waals surface area contributed by atoms with E-state index < -0.39 is 0 Å². The van der Waals surface area contributed by atoms with Crippen LogP contribution in [0.3, 0.4) is 0 Å². The van der Waals surface area contributed by atoms with Gasteiger partial charge in [0.15, 0.2) is 0 Å². The second-order valence-electron chi connectivity index (χ2n) is 5.19. The minimum Gasteiger partial charge on any atom is -0.493 e. The highest BCUT2D eigenvalue weighted by Crippen LogP contribution is 2.25. The number of hydrogen-bond acceptors (Lipinski definition) is 6. The smallest absolute Gasteiger partial charge is 0.270 e. The summed E-state index contributed by atoms with van der Waals surface area (Å²) in [5, 5.41) is 14.3. The van der Waals surface area contributed by atoms with Crippen LogP contribution < -0.4 is 10.1 Å². The Labute approximate surface area is 133 Å². The average Bonchev–Trinajstić information content (AvgIpc) is 3.00. The number of aromatic nitrogens is 2.